The molecule has 84 valence electrons. The fourth-order valence-electron chi connectivity index (χ4n) is 1.98. The van der Waals surface area contributed by atoms with Crippen LogP contribution in [0.2, 0.25) is 0 Å². The van der Waals surface area contributed by atoms with Crippen LogP contribution in [0.5, 0.6) is 0 Å². The molecule has 5 nitrogen and oxygen atoms in total. The van der Waals surface area contributed by atoms with Crippen LogP contribution < -0.4 is 10.6 Å². The maximum atomic E-state index is 4.44. The number of aromatic nitrogens is 3. The highest BCUT2D eigenvalue weighted by Gasteiger charge is 2.24. The molecule has 0 amide bonds. The predicted molar refractivity (Wildman–Crippen MR) is 65.1 cm³/mol. The van der Waals surface area contributed by atoms with E-state index in [1.165, 1.54) is 5.56 Å². The quantitative estimate of drug-likeness (QED) is 0.833. The van der Waals surface area contributed by atoms with Crippen molar-refractivity contribution in [2.24, 2.45) is 0 Å². The van der Waals surface area contributed by atoms with E-state index in [1.54, 1.807) is 11.3 Å². The molecule has 6 heteroatoms. The Morgan fingerprint density at radius 3 is 3.31 bits per heavy atom. The molecular weight excluding hydrogens is 222 g/mol. The summed E-state index contributed by atoms with van der Waals surface area (Å²) in [5, 5.41) is 15.0. The van der Waals surface area contributed by atoms with Crippen LogP contribution in [0, 0.1) is 0 Å². The van der Waals surface area contributed by atoms with Crippen molar-refractivity contribution in [1.29, 1.82) is 0 Å². The predicted octanol–water partition coefficient (Wildman–Crippen LogP) is 1.79. The number of nitrogens with zero attached hydrogens (tertiary/aromatic N) is 3. The van der Waals surface area contributed by atoms with Crippen LogP contribution in [-0.4, -0.2) is 28.4 Å². The van der Waals surface area contributed by atoms with E-state index >= 15 is 0 Å². The number of hydrogen-bond donors (Lipinski definition) is 2. The molecule has 3 heterocycles. The standard InChI is InChI=1S/C10H13N5S/c1-11-9-13-10-12-4-2-8(15(10)14-9)7-3-5-16-6-7/h3,5-6,8H,2,4H2,1H3,(H2,11,12,13,14). The first kappa shape index (κ1) is 9.65. The minimum absolute atomic E-state index is 0.317. The molecule has 3 rings (SSSR count). The maximum Gasteiger partial charge on any atom is 0.243 e. The minimum atomic E-state index is 0.317. The zero-order chi connectivity index (χ0) is 11.0. The third kappa shape index (κ3) is 1.46. The van der Waals surface area contributed by atoms with E-state index in [1.807, 2.05) is 11.7 Å². The molecule has 1 aliphatic rings. The monoisotopic (exact) mass is 235 g/mol. The van der Waals surface area contributed by atoms with Crippen LogP contribution in [0.4, 0.5) is 11.9 Å². The van der Waals surface area contributed by atoms with Gasteiger partial charge in [-0.05, 0) is 28.8 Å². The second-order valence-electron chi connectivity index (χ2n) is 3.74. The zero-order valence-electron chi connectivity index (χ0n) is 8.97. The first-order chi connectivity index (χ1) is 7.88. The maximum absolute atomic E-state index is 4.44. The number of thiophene rings is 1. The fourth-order valence-corrected chi connectivity index (χ4v) is 2.69. The van der Waals surface area contributed by atoms with Crippen molar-refractivity contribution in [3.8, 4) is 0 Å². The second kappa shape index (κ2) is 3.79. The Kier molecular flexibility index (Phi) is 2.28. The van der Waals surface area contributed by atoms with Gasteiger partial charge < -0.3 is 10.6 Å². The van der Waals surface area contributed by atoms with Gasteiger partial charge in [-0.15, -0.1) is 5.10 Å². The molecule has 2 aromatic rings. The molecular formula is C10H13N5S. The molecule has 0 aliphatic carbocycles. The van der Waals surface area contributed by atoms with Crippen molar-refractivity contribution in [3.05, 3.63) is 22.4 Å². The third-order valence-corrected chi connectivity index (χ3v) is 3.48. The number of hydrogen-bond acceptors (Lipinski definition) is 5. The van der Waals surface area contributed by atoms with Crippen molar-refractivity contribution >= 4 is 23.2 Å². The van der Waals surface area contributed by atoms with Crippen LogP contribution >= 0.6 is 11.3 Å². The lowest BCUT2D eigenvalue weighted by Crippen LogP contribution is -2.24. The van der Waals surface area contributed by atoms with Crippen molar-refractivity contribution < 1.29 is 0 Å². The summed E-state index contributed by atoms with van der Waals surface area (Å²) in [4.78, 5) is 4.36. The lowest BCUT2D eigenvalue weighted by Gasteiger charge is -2.23. The van der Waals surface area contributed by atoms with Gasteiger partial charge >= 0.3 is 0 Å². The Morgan fingerprint density at radius 2 is 2.56 bits per heavy atom. The normalized spacial score (nSPS) is 18.9. The van der Waals surface area contributed by atoms with E-state index in [0.717, 1.165) is 18.9 Å². The van der Waals surface area contributed by atoms with Gasteiger partial charge in [-0.2, -0.15) is 16.3 Å². The summed E-state index contributed by atoms with van der Waals surface area (Å²) in [5.41, 5.74) is 1.32. The SMILES string of the molecule is CNc1nc2n(n1)C(c1ccsc1)CCN2. The van der Waals surface area contributed by atoms with Crippen molar-refractivity contribution in [1.82, 2.24) is 14.8 Å². The summed E-state index contributed by atoms with van der Waals surface area (Å²) in [7, 11) is 1.83. The number of nitrogens with one attached hydrogen (secondary N) is 2. The van der Waals surface area contributed by atoms with Crippen LogP contribution in [0.25, 0.3) is 0 Å². The Morgan fingerprint density at radius 1 is 1.62 bits per heavy atom. The van der Waals surface area contributed by atoms with Crippen molar-refractivity contribution in [2.45, 2.75) is 12.5 Å². The van der Waals surface area contributed by atoms with Crippen molar-refractivity contribution in [2.75, 3.05) is 24.2 Å². The first-order valence-corrected chi connectivity index (χ1v) is 6.23. The minimum Gasteiger partial charge on any atom is -0.356 e. The van der Waals surface area contributed by atoms with Crippen molar-refractivity contribution in [3.63, 3.8) is 0 Å². The summed E-state index contributed by atoms with van der Waals surface area (Å²) in [6.45, 7) is 0.947. The summed E-state index contributed by atoms with van der Waals surface area (Å²) in [6, 6.07) is 2.47. The van der Waals surface area contributed by atoms with Gasteiger partial charge in [-0.3, -0.25) is 0 Å². The Labute approximate surface area is 97.5 Å². The molecule has 1 atom stereocenters. The third-order valence-electron chi connectivity index (χ3n) is 2.78. The fraction of sp³-hybridized carbons (Fsp3) is 0.400. The summed E-state index contributed by atoms with van der Waals surface area (Å²) in [5.74, 6) is 1.52. The van der Waals surface area contributed by atoms with Gasteiger partial charge in [0.05, 0.1) is 6.04 Å². The zero-order valence-corrected chi connectivity index (χ0v) is 9.79. The van der Waals surface area contributed by atoms with E-state index in [9.17, 15) is 0 Å². The number of anilines is 2. The highest BCUT2D eigenvalue weighted by Crippen LogP contribution is 2.30. The average molecular weight is 235 g/mol. The van der Waals surface area contributed by atoms with Gasteiger partial charge in [0.15, 0.2) is 0 Å². The average Bonchev–Trinajstić information content (AvgIpc) is 2.97. The van der Waals surface area contributed by atoms with Crippen LogP contribution in [-0.2, 0) is 0 Å². The molecule has 16 heavy (non-hydrogen) atoms. The van der Waals surface area contributed by atoms with Gasteiger partial charge in [0.1, 0.15) is 0 Å². The highest BCUT2D eigenvalue weighted by atomic mass is 32.1. The molecule has 2 N–H and O–H groups in total. The van der Waals surface area contributed by atoms with Crippen LogP contribution in [0.3, 0.4) is 0 Å². The molecule has 0 radical (unpaired) electrons. The summed E-state index contributed by atoms with van der Waals surface area (Å²) >= 11 is 1.72. The van der Waals surface area contributed by atoms with E-state index in [4.69, 9.17) is 0 Å². The number of fused-ring (bicyclic) bond motifs is 1. The molecule has 0 saturated heterocycles. The van der Waals surface area contributed by atoms with Gasteiger partial charge in [0, 0.05) is 13.6 Å². The molecule has 1 unspecified atom stereocenters. The van der Waals surface area contributed by atoms with Gasteiger partial charge in [0.25, 0.3) is 0 Å². The molecule has 0 saturated carbocycles. The summed E-state index contributed by atoms with van der Waals surface area (Å²) in [6.07, 6.45) is 1.05. The lowest BCUT2D eigenvalue weighted by molar-refractivity contribution is 0.482. The first-order valence-electron chi connectivity index (χ1n) is 5.29. The van der Waals surface area contributed by atoms with E-state index in [2.05, 4.69) is 37.5 Å². The second-order valence-corrected chi connectivity index (χ2v) is 4.52. The Balaban J connectivity index is 2.02. The van der Waals surface area contributed by atoms with Crippen LogP contribution in [0.1, 0.15) is 18.0 Å². The molecule has 2 aromatic heterocycles. The van der Waals surface area contributed by atoms with Crippen LogP contribution in [0.15, 0.2) is 16.8 Å². The number of rotatable bonds is 2. The molecule has 0 fully saturated rings. The van der Waals surface area contributed by atoms with Gasteiger partial charge in [-0.25, -0.2) is 4.68 Å². The van der Waals surface area contributed by atoms with Gasteiger partial charge in [-0.1, -0.05) is 0 Å². The van der Waals surface area contributed by atoms with E-state index in [0.29, 0.717) is 12.0 Å². The van der Waals surface area contributed by atoms with E-state index in [-0.39, 0.29) is 0 Å². The molecule has 0 aromatic carbocycles. The Bertz CT molecular complexity index is 475. The lowest BCUT2D eigenvalue weighted by atomic mass is 10.1. The van der Waals surface area contributed by atoms with Gasteiger partial charge in [0.2, 0.25) is 11.9 Å². The molecule has 0 bridgehead atoms. The summed E-state index contributed by atoms with van der Waals surface area (Å²) < 4.78 is 1.97. The Hall–Kier alpha value is -1.56. The molecule has 0 spiro atoms. The highest BCUT2D eigenvalue weighted by molar-refractivity contribution is 7.07. The smallest absolute Gasteiger partial charge is 0.243 e. The van der Waals surface area contributed by atoms with E-state index < -0.39 is 0 Å². The topological polar surface area (TPSA) is 54.8 Å². The largest absolute Gasteiger partial charge is 0.356 e. The molecule has 1 aliphatic heterocycles.